The Hall–Kier alpha value is -1.21. The van der Waals surface area contributed by atoms with Crippen molar-refractivity contribution in [2.75, 3.05) is 6.54 Å². The third kappa shape index (κ3) is 2.89. The molecule has 0 bridgehead atoms. The van der Waals surface area contributed by atoms with Crippen molar-refractivity contribution in [3.8, 4) is 0 Å². The topological polar surface area (TPSA) is 91.9 Å². The van der Waals surface area contributed by atoms with Crippen molar-refractivity contribution in [2.45, 2.75) is 25.7 Å². The molecular formula is C9H15N3O3S. The van der Waals surface area contributed by atoms with Crippen LogP contribution in [0.15, 0.2) is 11.1 Å². The lowest BCUT2D eigenvalue weighted by Crippen LogP contribution is -2.31. The second-order valence-electron chi connectivity index (χ2n) is 3.80. The lowest BCUT2D eigenvalue weighted by molar-refractivity contribution is -0.120. The number of nitrogens with zero attached hydrogens (tertiary/aromatic N) is 1. The second-order valence-corrected chi connectivity index (χ2v) is 5.54. The summed E-state index contributed by atoms with van der Waals surface area (Å²) in [5.41, 5.74) is 0.449. The standard InChI is InChI=1S/C9H15N3O3S/c1-6(2)8(13)4-11-16(14,15)9-5-10-12-7(9)3/h5-6,11H,4H2,1-3H3,(H,10,12). The average molecular weight is 245 g/mol. The Morgan fingerprint density at radius 2 is 2.19 bits per heavy atom. The number of hydrogen-bond acceptors (Lipinski definition) is 4. The largest absolute Gasteiger partial charge is 0.298 e. The molecule has 1 aromatic heterocycles. The summed E-state index contributed by atoms with van der Waals surface area (Å²) in [5.74, 6) is -0.335. The minimum Gasteiger partial charge on any atom is -0.298 e. The molecule has 0 amide bonds. The van der Waals surface area contributed by atoms with Crippen LogP contribution in [0.1, 0.15) is 19.5 Å². The van der Waals surface area contributed by atoms with Crippen LogP contribution in [0.5, 0.6) is 0 Å². The van der Waals surface area contributed by atoms with Crippen LogP contribution in [0.4, 0.5) is 0 Å². The average Bonchev–Trinajstić information content (AvgIpc) is 2.61. The quantitative estimate of drug-likeness (QED) is 0.776. The van der Waals surface area contributed by atoms with Gasteiger partial charge in [0.1, 0.15) is 10.7 Å². The molecule has 1 rings (SSSR count). The van der Waals surface area contributed by atoms with Gasteiger partial charge in [0, 0.05) is 5.92 Å². The molecule has 0 aromatic carbocycles. The van der Waals surface area contributed by atoms with Gasteiger partial charge in [0.25, 0.3) is 0 Å². The molecule has 0 spiro atoms. The van der Waals surface area contributed by atoms with Gasteiger partial charge in [0.05, 0.1) is 18.4 Å². The number of aromatic nitrogens is 2. The van der Waals surface area contributed by atoms with Crippen LogP contribution in [0, 0.1) is 12.8 Å². The molecule has 2 N–H and O–H groups in total. The fourth-order valence-corrected chi connectivity index (χ4v) is 2.19. The maximum absolute atomic E-state index is 11.7. The van der Waals surface area contributed by atoms with Crippen LogP contribution in [0.25, 0.3) is 0 Å². The number of hydrogen-bond donors (Lipinski definition) is 2. The van der Waals surface area contributed by atoms with Crippen LogP contribution < -0.4 is 4.72 Å². The van der Waals surface area contributed by atoms with Crippen molar-refractivity contribution in [1.82, 2.24) is 14.9 Å². The van der Waals surface area contributed by atoms with Crippen LogP contribution in [-0.4, -0.2) is 30.9 Å². The highest BCUT2D eigenvalue weighted by atomic mass is 32.2. The maximum atomic E-state index is 11.7. The molecule has 1 aromatic rings. The van der Waals surface area contributed by atoms with E-state index in [1.807, 2.05) is 0 Å². The van der Waals surface area contributed by atoms with Gasteiger partial charge < -0.3 is 0 Å². The van der Waals surface area contributed by atoms with Gasteiger partial charge in [-0.25, -0.2) is 13.1 Å². The van der Waals surface area contributed by atoms with Crippen molar-refractivity contribution in [3.63, 3.8) is 0 Å². The van der Waals surface area contributed by atoms with Gasteiger partial charge >= 0.3 is 0 Å². The smallest absolute Gasteiger partial charge is 0.244 e. The zero-order chi connectivity index (χ0) is 12.3. The van der Waals surface area contributed by atoms with E-state index in [4.69, 9.17) is 0 Å². The molecular weight excluding hydrogens is 230 g/mol. The molecule has 0 radical (unpaired) electrons. The lowest BCUT2D eigenvalue weighted by Gasteiger charge is -2.06. The van der Waals surface area contributed by atoms with E-state index in [9.17, 15) is 13.2 Å². The first-order valence-corrected chi connectivity index (χ1v) is 6.35. The molecule has 0 atom stereocenters. The number of nitrogens with one attached hydrogen (secondary N) is 2. The number of ketones is 1. The molecule has 16 heavy (non-hydrogen) atoms. The first kappa shape index (κ1) is 12.9. The van der Waals surface area contributed by atoms with E-state index in [0.717, 1.165) is 0 Å². The number of H-pyrrole nitrogens is 1. The number of rotatable bonds is 5. The lowest BCUT2D eigenvalue weighted by atomic mass is 10.1. The van der Waals surface area contributed by atoms with Gasteiger partial charge in [-0.2, -0.15) is 5.10 Å². The molecule has 7 heteroatoms. The van der Waals surface area contributed by atoms with Crippen molar-refractivity contribution in [1.29, 1.82) is 0 Å². The minimum atomic E-state index is -3.64. The number of carbonyl (C=O) groups excluding carboxylic acids is 1. The Balaban J connectivity index is 2.75. The zero-order valence-corrected chi connectivity index (χ0v) is 10.3. The summed E-state index contributed by atoms with van der Waals surface area (Å²) in [6, 6.07) is 0. The van der Waals surface area contributed by atoms with Crippen LogP contribution in [-0.2, 0) is 14.8 Å². The van der Waals surface area contributed by atoms with E-state index < -0.39 is 10.0 Å². The SMILES string of the molecule is Cc1[nH]ncc1S(=O)(=O)NCC(=O)C(C)C. The minimum absolute atomic E-state index is 0.0732. The Bertz CT molecular complexity index is 476. The predicted molar refractivity (Wildman–Crippen MR) is 58.4 cm³/mol. The van der Waals surface area contributed by atoms with E-state index in [-0.39, 0.29) is 23.1 Å². The van der Waals surface area contributed by atoms with Crippen molar-refractivity contribution in [2.24, 2.45) is 5.92 Å². The zero-order valence-electron chi connectivity index (χ0n) is 9.44. The molecule has 1 heterocycles. The molecule has 0 fully saturated rings. The third-order valence-electron chi connectivity index (χ3n) is 2.15. The van der Waals surface area contributed by atoms with Gasteiger partial charge in [0.2, 0.25) is 10.0 Å². The molecule has 0 aliphatic carbocycles. The van der Waals surface area contributed by atoms with E-state index >= 15 is 0 Å². The van der Waals surface area contributed by atoms with Crippen LogP contribution in [0.3, 0.4) is 0 Å². The van der Waals surface area contributed by atoms with Crippen molar-refractivity contribution in [3.05, 3.63) is 11.9 Å². The summed E-state index contributed by atoms with van der Waals surface area (Å²) < 4.78 is 25.7. The third-order valence-corrected chi connectivity index (χ3v) is 3.67. The second kappa shape index (κ2) is 4.75. The van der Waals surface area contributed by atoms with Gasteiger partial charge in [-0.05, 0) is 6.92 Å². The predicted octanol–water partition coefficient (Wildman–Crippen LogP) is 0.222. The molecule has 6 nitrogen and oxygen atoms in total. The Morgan fingerprint density at radius 3 is 2.62 bits per heavy atom. The Labute approximate surface area is 94.5 Å². The Morgan fingerprint density at radius 1 is 1.56 bits per heavy atom. The number of aryl methyl sites for hydroxylation is 1. The van der Waals surface area contributed by atoms with E-state index in [2.05, 4.69) is 14.9 Å². The fourth-order valence-electron chi connectivity index (χ4n) is 1.06. The summed E-state index contributed by atoms with van der Waals surface area (Å²) >= 11 is 0. The number of Topliss-reactive ketones (excluding diaryl/α,β-unsaturated/α-hetero) is 1. The number of carbonyl (C=O) groups is 1. The first-order valence-electron chi connectivity index (χ1n) is 4.87. The highest BCUT2D eigenvalue weighted by molar-refractivity contribution is 7.89. The molecule has 0 saturated carbocycles. The maximum Gasteiger partial charge on any atom is 0.244 e. The highest BCUT2D eigenvalue weighted by Gasteiger charge is 2.19. The van der Waals surface area contributed by atoms with Crippen LogP contribution >= 0.6 is 0 Å². The molecule has 0 saturated heterocycles. The highest BCUT2D eigenvalue weighted by Crippen LogP contribution is 2.10. The summed E-state index contributed by atoms with van der Waals surface area (Å²) in [7, 11) is -3.64. The monoisotopic (exact) mass is 245 g/mol. The molecule has 90 valence electrons. The summed E-state index contributed by atoms with van der Waals surface area (Å²) in [5, 5.41) is 6.15. The Kier molecular flexibility index (Phi) is 3.82. The van der Waals surface area contributed by atoms with Crippen molar-refractivity contribution < 1.29 is 13.2 Å². The molecule has 0 aliphatic heterocycles. The summed E-state index contributed by atoms with van der Waals surface area (Å²) in [6.07, 6.45) is 1.22. The first-order chi connectivity index (χ1) is 7.34. The normalized spacial score (nSPS) is 12.0. The van der Waals surface area contributed by atoms with E-state index in [1.165, 1.54) is 6.20 Å². The molecule has 0 unspecified atom stereocenters. The number of aromatic amines is 1. The number of sulfonamides is 1. The van der Waals surface area contributed by atoms with E-state index in [1.54, 1.807) is 20.8 Å². The summed E-state index contributed by atoms with van der Waals surface area (Å²) in [6.45, 7) is 4.86. The van der Waals surface area contributed by atoms with Gasteiger partial charge in [-0.3, -0.25) is 9.89 Å². The van der Waals surface area contributed by atoms with Gasteiger partial charge in [-0.1, -0.05) is 13.8 Å². The fraction of sp³-hybridized carbons (Fsp3) is 0.556. The van der Waals surface area contributed by atoms with E-state index in [0.29, 0.717) is 5.69 Å². The van der Waals surface area contributed by atoms with Crippen LogP contribution in [0.2, 0.25) is 0 Å². The summed E-state index contributed by atoms with van der Waals surface area (Å²) in [4.78, 5) is 11.4. The molecule has 0 aliphatic rings. The van der Waals surface area contributed by atoms with Crippen molar-refractivity contribution >= 4 is 15.8 Å². The van der Waals surface area contributed by atoms with Gasteiger partial charge in [-0.15, -0.1) is 0 Å². The van der Waals surface area contributed by atoms with Gasteiger partial charge in [0.15, 0.2) is 0 Å².